The molecule has 0 aliphatic heterocycles. The molecule has 1 atom stereocenters. The van der Waals surface area contributed by atoms with Gasteiger partial charge in [-0.15, -0.1) is 0 Å². The SMILES string of the molecule is CCNc1nc(S(C)=O)ncc1/C=C/C#N. The monoisotopic (exact) mass is 236 g/mol. The second-order valence-corrected chi connectivity index (χ2v) is 4.18. The minimum absolute atomic E-state index is 0.282. The summed E-state index contributed by atoms with van der Waals surface area (Å²) in [5.74, 6) is 0.592. The first-order valence-corrected chi connectivity index (χ1v) is 6.25. The van der Waals surface area contributed by atoms with Gasteiger partial charge in [0.25, 0.3) is 0 Å². The van der Waals surface area contributed by atoms with Gasteiger partial charge < -0.3 is 5.32 Å². The molecule has 16 heavy (non-hydrogen) atoms. The smallest absolute Gasteiger partial charge is 0.220 e. The van der Waals surface area contributed by atoms with Crippen LogP contribution in [0.1, 0.15) is 12.5 Å². The minimum atomic E-state index is -1.21. The average molecular weight is 236 g/mol. The van der Waals surface area contributed by atoms with Crippen LogP contribution in [-0.2, 0) is 10.8 Å². The van der Waals surface area contributed by atoms with Crippen LogP contribution in [0, 0.1) is 11.3 Å². The average Bonchev–Trinajstić information content (AvgIpc) is 2.27. The maximum atomic E-state index is 11.2. The molecule has 0 amide bonds. The Hall–Kier alpha value is -1.74. The van der Waals surface area contributed by atoms with E-state index >= 15 is 0 Å². The van der Waals surface area contributed by atoms with Crippen LogP contribution in [0.2, 0.25) is 0 Å². The number of aromatic nitrogens is 2. The summed E-state index contributed by atoms with van der Waals surface area (Å²) in [6, 6.07) is 1.90. The number of hydrogen-bond donors (Lipinski definition) is 1. The van der Waals surface area contributed by atoms with Gasteiger partial charge in [0, 0.05) is 30.6 Å². The van der Waals surface area contributed by atoms with E-state index in [0.717, 1.165) is 0 Å². The highest BCUT2D eigenvalue weighted by molar-refractivity contribution is 7.84. The number of nitriles is 1. The molecule has 0 aromatic carbocycles. The van der Waals surface area contributed by atoms with E-state index in [4.69, 9.17) is 5.26 Å². The first kappa shape index (κ1) is 12.3. The molecule has 1 heterocycles. The number of allylic oxidation sites excluding steroid dienone is 1. The van der Waals surface area contributed by atoms with Gasteiger partial charge in [0.1, 0.15) is 5.82 Å². The van der Waals surface area contributed by atoms with Crippen molar-refractivity contribution in [3.8, 4) is 6.07 Å². The van der Waals surface area contributed by atoms with Gasteiger partial charge >= 0.3 is 0 Å². The number of anilines is 1. The van der Waals surface area contributed by atoms with E-state index in [0.29, 0.717) is 17.9 Å². The van der Waals surface area contributed by atoms with E-state index in [-0.39, 0.29) is 5.16 Å². The second-order valence-electron chi connectivity index (χ2n) is 2.90. The van der Waals surface area contributed by atoms with Gasteiger partial charge in [0.15, 0.2) is 0 Å². The first-order valence-electron chi connectivity index (χ1n) is 4.69. The molecule has 6 heteroatoms. The molecular formula is C10H12N4OS. The van der Waals surface area contributed by atoms with Gasteiger partial charge in [-0.2, -0.15) is 5.26 Å². The second kappa shape index (κ2) is 5.98. The van der Waals surface area contributed by atoms with Crippen LogP contribution in [0.25, 0.3) is 6.08 Å². The molecule has 0 radical (unpaired) electrons. The molecule has 84 valence electrons. The lowest BCUT2D eigenvalue weighted by molar-refractivity contribution is 0.679. The van der Waals surface area contributed by atoms with Gasteiger partial charge in [-0.1, -0.05) is 0 Å². The van der Waals surface area contributed by atoms with Crippen molar-refractivity contribution < 1.29 is 4.21 Å². The van der Waals surface area contributed by atoms with Crippen molar-refractivity contribution >= 4 is 22.7 Å². The molecule has 0 saturated heterocycles. The Morgan fingerprint density at radius 1 is 1.69 bits per heavy atom. The summed E-state index contributed by atoms with van der Waals surface area (Å²) in [5, 5.41) is 11.8. The molecule has 1 rings (SSSR count). The van der Waals surface area contributed by atoms with Crippen molar-refractivity contribution in [3.05, 3.63) is 17.8 Å². The van der Waals surface area contributed by atoms with Gasteiger partial charge in [-0.05, 0) is 13.0 Å². The predicted molar refractivity (Wildman–Crippen MR) is 63.2 cm³/mol. The normalized spacial score (nSPS) is 12.3. The number of rotatable bonds is 4. The maximum Gasteiger partial charge on any atom is 0.220 e. The molecule has 1 unspecified atom stereocenters. The molecule has 0 aliphatic rings. The molecule has 1 N–H and O–H groups in total. The Balaban J connectivity index is 3.14. The summed E-state index contributed by atoms with van der Waals surface area (Å²) in [7, 11) is -1.21. The van der Waals surface area contributed by atoms with E-state index in [1.54, 1.807) is 12.3 Å². The third-order valence-corrected chi connectivity index (χ3v) is 2.44. The van der Waals surface area contributed by atoms with E-state index in [2.05, 4.69) is 15.3 Å². The Bertz CT molecular complexity index is 464. The van der Waals surface area contributed by atoms with Crippen LogP contribution in [-0.4, -0.2) is 27.0 Å². The highest BCUT2D eigenvalue weighted by atomic mass is 32.2. The summed E-state index contributed by atoms with van der Waals surface area (Å²) in [5.41, 5.74) is 0.706. The van der Waals surface area contributed by atoms with E-state index in [9.17, 15) is 4.21 Å². The van der Waals surface area contributed by atoms with Crippen molar-refractivity contribution in [2.75, 3.05) is 18.1 Å². The quantitative estimate of drug-likeness (QED) is 0.627. The highest BCUT2D eigenvalue weighted by Gasteiger charge is 2.06. The number of nitrogens with zero attached hydrogens (tertiary/aromatic N) is 3. The van der Waals surface area contributed by atoms with Gasteiger partial charge in [-0.3, -0.25) is 4.21 Å². The van der Waals surface area contributed by atoms with Crippen LogP contribution in [0.3, 0.4) is 0 Å². The lowest BCUT2D eigenvalue weighted by Crippen LogP contribution is -2.06. The summed E-state index contributed by atoms with van der Waals surface area (Å²) in [6.07, 6.45) is 6.04. The van der Waals surface area contributed by atoms with Gasteiger partial charge in [-0.25, -0.2) is 9.97 Å². The molecule has 5 nitrogen and oxygen atoms in total. The summed E-state index contributed by atoms with van der Waals surface area (Å²) in [4.78, 5) is 8.09. The lowest BCUT2D eigenvalue weighted by atomic mass is 10.3. The Morgan fingerprint density at radius 2 is 2.44 bits per heavy atom. The van der Waals surface area contributed by atoms with Crippen molar-refractivity contribution in [1.82, 2.24) is 9.97 Å². The molecule has 0 spiro atoms. The van der Waals surface area contributed by atoms with E-state index < -0.39 is 10.8 Å². The molecule has 0 fully saturated rings. The zero-order valence-electron chi connectivity index (χ0n) is 9.10. The maximum absolute atomic E-state index is 11.2. The lowest BCUT2D eigenvalue weighted by Gasteiger charge is -2.06. The van der Waals surface area contributed by atoms with Crippen LogP contribution in [0.4, 0.5) is 5.82 Å². The Labute approximate surface area is 96.7 Å². The van der Waals surface area contributed by atoms with E-state index in [1.165, 1.54) is 12.3 Å². The molecule has 0 bridgehead atoms. The van der Waals surface area contributed by atoms with Crippen molar-refractivity contribution in [2.24, 2.45) is 0 Å². The van der Waals surface area contributed by atoms with Crippen LogP contribution < -0.4 is 5.32 Å². The zero-order valence-corrected chi connectivity index (χ0v) is 9.91. The predicted octanol–water partition coefficient (Wildman–Crippen LogP) is 1.18. The van der Waals surface area contributed by atoms with Crippen molar-refractivity contribution in [3.63, 3.8) is 0 Å². The largest absolute Gasteiger partial charge is 0.370 e. The van der Waals surface area contributed by atoms with Crippen LogP contribution in [0.15, 0.2) is 17.4 Å². The summed E-state index contributed by atoms with van der Waals surface area (Å²) in [6.45, 7) is 2.63. The van der Waals surface area contributed by atoms with Gasteiger partial charge in [0.05, 0.1) is 16.9 Å². The summed E-state index contributed by atoms with van der Waals surface area (Å²) >= 11 is 0. The van der Waals surface area contributed by atoms with Crippen molar-refractivity contribution in [1.29, 1.82) is 5.26 Å². The van der Waals surface area contributed by atoms with Crippen LogP contribution >= 0.6 is 0 Å². The third-order valence-electron chi connectivity index (χ3n) is 1.73. The fourth-order valence-corrected chi connectivity index (χ4v) is 1.49. The number of hydrogen-bond acceptors (Lipinski definition) is 5. The fourth-order valence-electron chi connectivity index (χ4n) is 1.07. The zero-order chi connectivity index (χ0) is 12.0. The van der Waals surface area contributed by atoms with Gasteiger partial charge in [0.2, 0.25) is 5.16 Å². The topological polar surface area (TPSA) is 78.7 Å². The molecular weight excluding hydrogens is 224 g/mol. The highest BCUT2D eigenvalue weighted by Crippen LogP contribution is 2.14. The molecule has 0 aliphatic carbocycles. The molecule has 1 aromatic rings. The van der Waals surface area contributed by atoms with Crippen LogP contribution in [0.5, 0.6) is 0 Å². The molecule has 1 aromatic heterocycles. The fraction of sp³-hybridized carbons (Fsp3) is 0.300. The minimum Gasteiger partial charge on any atom is -0.370 e. The standard InChI is InChI=1S/C10H12N4OS/c1-3-12-9-8(5-4-6-11)7-13-10(14-9)16(2)15/h4-5,7H,3H2,1-2H3,(H,12,13,14)/b5-4+. The third kappa shape index (κ3) is 3.14. The van der Waals surface area contributed by atoms with E-state index in [1.807, 2.05) is 13.0 Å². The van der Waals surface area contributed by atoms with Crippen molar-refractivity contribution in [2.45, 2.75) is 12.1 Å². The first-order chi connectivity index (χ1) is 7.69. The number of nitrogens with one attached hydrogen (secondary N) is 1. The molecule has 0 saturated carbocycles. The Kier molecular flexibility index (Phi) is 4.61. The Morgan fingerprint density at radius 3 is 3.00 bits per heavy atom. The summed E-state index contributed by atoms with van der Waals surface area (Å²) < 4.78 is 11.2.